The van der Waals surface area contributed by atoms with E-state index in [0.717, 1.165) is 29.3 Å². The van der Waals surface area contributed by atoms with Crippen LogP contribution in [0.2, 0.25) is 0 Å². The number of rotatable bonds is 5. The molecule has 3 aromatic heterocycles. The fourth-order valence-electron chi connectivity index (χ4n) is 2.62. The summed E-state index contributed by atoms with van der Waals surface area (Å²) in [7, 11) is 1.97. The standard InChI is InChI=1S/C16H22N6/c1-5-12(14-6-8-17-21(14)4)19-16-10-13(11(2)3)20-15-7-9-18-22(15)16/h6-12,19H,5H2,1-4H3/t12-/m0/s1. The van der Waals surface area contributed by atoms with E-state index in [4.69, 9.17) is 0 Å². The molecule has 6 nitrogen and oxygen atoms in total. The Morgan fingerprint density at radius 3 is 2.59 bits per heavy atom. The third-order valence-corrected chi connectivity index (χ3v) is 3.92. The molecule has 0 radical (unpaired) electrons. The number of fused-ring (bicyclic) bond motifs is 1. The van der Waals surface area contributed by atoms with Crippen molar-refractivity contribution in [3.63, 3.8) is 0 Å². The molecular formula is C16H22N6. The molecule has 0 amide bonds. The maximum absolute atomic E-state index is 4.65. The molecule has 3 rings (SSSR count). The van der Waals surface area contributed by atoms with Crippen molar-refractivity contribution in [3.8, 4) is 0 Å². The highest BCUT2D eigenvalue weighted by atomic mass is 15.3. The molecular weight excluding hydrogens is 276 g/mol. The number of hydrogen-bond donors (Lipinski definition) is 1. The van der Waals surface area contributed by atoms with Crippen LogP contribution in [0.15, 0.2) is 30.6 Å². The minimum absolute atomic E-state index is 0.183. The molecule has 6 heteroatoms. The Balaban J connectivity index is 2.01. The summed E-state index contributed by atoms with van der Waals surface area (Å²) in [4.78, 5) is 4.65. The van der Waals surface area contributed by atoms with E-state index in [9.17, 15) is 0 Å². The lowest BCUT2D eigenvalue weighted by Gasteiger charge is -2.20. The van der Waals surface area contributed by atoms with Gasteiger partial charge < -0.3 is 5.32 Å². The third-order valence-electron chi connectivity index (χ3n) is 3.92. The predicted molar refractivity (Wildman–Crippen MR) is 86.9 cm³/mol. The van der Waals surface area contributed by atoms with Crippen molar-refractivity contribution in [3.05, 3.63) is 42.0 Å². The van der Waals surface area contributed by atoms with Gasteiger partial charge in [-0.1, -0.05) is 20.8 Å². The zero-order chi connectivity index (χ0) is 15.7. The molecule has 1 atom stereocenters. The van der Waals surface area contributed by atoms with Gasteiger partial charge in [0.25, 0.3) is 0 Å². The van der Waals surface area contributed by atoms with E-state index in [-0.39, 0.29) is 6.04 Å². The molecule has 22 heavy (non-hydrogen) atoms. The molecule has 1 N–H and O–H groups in total. The topological polar surface area (TPSA) is 60.0 Å². The van der Waals surface area contributed by atoms with Gasteiger partial charge >= 0.3 is 0 Å². The first-order valence-corrected chi connectivity index (χ1v) is 7.69. The van der Waals surface area contributed by atoms with Crippen LogP contribution < -0.4 is 5.32 Å². The highest BCUT2D eigenvalue weighted by molar-refractivity contribution is 5.50. The Hall–Kier alpha value is -2.37. The second-order valence-corrected chi connectivity index (χ2v) is 5.81. The van der Waals surface area contributed by atoms with Crippen LogP contribution in [-0.2, 0) is 7.05 Å². The molecule has 0 aliphatic heterocycles. The molecule has 0 saturated heterocycles. The van der Waals surface area contributed by atoms with Crippen molar-refractivity contribution in [1.29, 1.82) is 0 Å². The number of nitrogens with one attached hydrogen (secondary N) is 1. The van der Waals surface area contributed by atoms with E-state index in [0.29, 0.717) is 5.92 Å². The average Bonchev–Trinajstić information content (AvgIpc) is 3.13. The molecule has 0 fully saturated rings. The predicted octanol–water partition coefficient (Wildman–Crippen LogP) is 3.15. The second kappa shape index (κ2) is 5.79. The lowest BCUT2D eigenvalue weighted by molar-refractivity contribution is 0.629. The smallest absolute Gasteiger partial charge is 0.157 e. The zero-order valence-corrected chi connectivity index (χ0v) is 13.5. The highest BCUT2D eigenvalue weighted by Gasteiger charge is 2.16. The van der Waals surface area contributed by atoms with Crippen molar-refractivity contribution >= 4 is 11.5 Å². The van der Waals surface area contributed by atoms with Crippen molar-refractivity contribution < 1.29 is 0 Å². The van der Waals surface area contributed by atoms with Crippen LogP contribution in [0, 0.1) is 0 Å². The van der Waals surface area contributed by atoms with Crippen molar-refractivity contribution in [2.24, 2.45) is 7.05 Å². The Morgan fingerprint density at radius 2 is 1.95 bits per heavy atom. The van der Waals surface area contributed by atoms with Crippen molar-refractivity contribution in [2.75, 3.05) is 5.32 Å². The molecule has 0 aromatic carbocycles. The summed E-state index contributed by atoms with van der Waals surface area (Å²) >= 11 is 0. The molecule has 0 spiro atoms. The average molecular weight is 298 g/mol. The quantitative estimate of drug-likeness (QED) is 0.786. The van der Waals surface area contributed by atoms with Crippen LogP contribution in [0.25, 0.3) is 5.65 Å². The highest BCUT2D eigenvalue weighted by Crippen LogP contribution is 2.24. The van der Waals surface area contributed by atoms with Gasteiger partial charge in [-0.05, 0) is 18.4 Å². The maximum Gasteiger partial charge on any atom is 0.157 e. The van der Waals surface area contributed by atoms with Crippen LogP contribution in [-0.4, -0.2) is 24.4 Å². The number of aromatic nitrogens is 5. The molecule has 116 valence electrons. The molecule has 0 bridgehead atoms. The van der Waals surface area contributed by atoms with Gasteiger partial charge in [0.15, 0.2) is 5.65 Å². The van der Waals surface area contributed by atoms with Crippen LogP contribution in [0.5, 0.6) is 0 Å². The van der Waals surface area contributed by atoms with Crippen LogP contribution in [0.3, 0.4) is 0 Å². The number of anilines is 1. The van der Waals surface area contributed by atoms with E-state index >= 15 is 0 Å². The summed E-state index contributed by atoms with van der Waals surface area (Å²) in [5, 5.41) is 12.2. The number of hydrogen-bond acceptors (Lipinski definition) is 4. The van der Waals surface area contributed by atoms with E-state index < -0.39 is 0 Å². The third kappa shape index (κ3) is 2.56. The van der Waals surface area contributed by atoms with Gasteiger partial charge in [0.2, 0.25) is 0 Å². The minimum atomic E-state index is 0.183. The Morgan fingerprint density at radius 1 is 1.18 bits per heavy atom. The first-order valence-electron chi connectivity index (χ1n) is 7.69. The fourth-order valence-corrected chi connectivity index (χ4v) is 2.62. The largest absolute Gasteiger partial charge is 0.362 e. The maximum atomic E-state index is 4.65. The number of nitrogens with zero attached hydrogens (tertiary/aromatic N) is 5. The van der Waals surface area contributed by atoms with E-state index in [2.05, 4.69) is 47.3 Å². The van der Waals surface area contributed by atoms with Crippen LogP contribution in [0.4, 0.5) is 5.82 Å². The summed E-state index contributed by atoms with van der Waals surface area (Å²) in [5.41, 5.74) is 3.09. The van der Waals surface area contributed by atoms with Crippen molar-refractivity contribution in [2.45, 2.75) is 39.2 Å². The summed E-state index contributed by atoms with van der Waals surface area (Å²) in [6, 6.07) is 6.25. The Kier molecular flexibility index (Phi) is 3.83. The molecule has 3 aromatic rings. The lowest BCUT2D eigenvalue weighted by Crippen LogP contribution is -2.16. The first-order chi connectivity index (χ1) is 10.6. The van der Waals surface area contributed by atoms with Gasteiger partial charge in [0.05, 0.1) is 17.9 Å². The summed E-state index contributed by atoms with van der Waals surface area (Å²) < 4.78 is 3.76. The van der Waals surface area contributed by atoms with Gasteiger partial charge in [-0.3, -0.25) is 4.68 Å². The van der Waals surface area contributed by atoms with E-state index in [1.165, 1.54) is 0 Å². The van der Waals surface area contributed by atoms with Gasteiger partial charge in [-0.15, -0.1) is 0 Å². The summed E-state index contributed by atoms with van der Waals surface area (Å²) in [6.07, 6.45) is 4.57. The minimum Gasteiger partial charge on any atom is -0.362 e. The van der Waals surface area contributed by atoms with E-state index in [1.807, 2.05) is 34.6 Å². The SMILES string of the molecule is CC[C@H](Nc1cc(C(C)C)nc2ccnn12)c1ccnn1C. The zero-order valence-electron chi connectivity index (χ0n) is 13.5. The lowest BCUT2D eigenvalue weighted by atomic mass is 10.1. The van der Waals surface area contributed by atoms with E-state index in [1.54, 1.807) is 6.20 Å². The number of aryl methyl sites for hydroxylation is 1. The molecule has 3 heterocycles. The van der Waals surface area contributed by atoms with Crippen LogP contribution >= 0.6 is 0 Å². The summed E-state index contributed by atoms with van der Waals surface area (Å²) in [5.74, 6) is 1.34. The fraction of sp³-hybridized carbons (Fsp3) is 0.438. The van der Waals surface area contributed by atoms with Crippen LogP contribution in [0.1, 0.15) is 50.5 Å². The molecule has 0 aliphatic rings. The molecule has 0 unspecified atom stereocenters. The Labute approximate surface area is 130 Å². The van der Waals surface area contributed by atoms with Crippen molar-refractivity contribution in [1.82, 2.24) is 24.4 Å². The van der Waals surface area contributed by atoms with Gasteiger partial charge in [-0.25, -0.2) is 4.98 Å². The first kappa shape index (κ1) is 14.6. The van der Waals surface area contributed by atoms with Gasteiger partial charge in [0, 0.05) is 31.1 Å². The summed E-state index contributed by atoms with van der Waals surface area (Å²) in [6.45, 7) is 6.46. The van der Waals surface area contributed by atoms with Gasteiger partial charge in [-0.2, -0.15) is 14.7 Å². The Bertz CT molecular complexity index is 770. The second-order valence-electron chi connectivity index (χ2n) is 5.81. The molecule has 0 aliphatic carbocycles. The molecule has 0 saturated carbocycles. The van der Waals surface area contributed by atoms with Gasteiger partial charge in [0.1, 0.15) is 5.82 Å². The normalized spacial score (nSPS) is 13.0. The monoisotopic (exact) mass is 298 g/mol.